The molecule has 27 heavy (non-hydrogen) atoms. The number of hydrogen-bond acceptors (Lipinski definition) is 5. The summed E-state index contributed by atoms with van der Waals surface area (Å²) in [4.78, 5) is 14.9. The van der Waals surface area contributed by atoms with Gasteiger partial charge in [0.2, 0.25) is 0 Å². The summed E-state index contributed by atoms with van der Waals surface area (Å²) in [5, 5.41) is 8.62. The quantitative estimate of drug-likeness (QED) is 0.710. The van der Waals surface area contributed by atoms with E-state index >= 15 is 0 Å². The van der Waals surface area contributed by atoms with E-state index in [2.05, 4.69) is 10.2 Å². The molecule has 2 aromatic heterocycles. The summed E-state index contributed by atoms with van der Waals surface area (Å²) in [7, 11) is 3.15. The van der Waals surface area contributed by atoms with Crippen molar-refractivity contribution >= 4 is 11.6 Å². The van der Waals surface area contributed by atoms with Gasteiger partial charge in [-0.1, -0.05) is 6.07 Å². The fourth-order valence-corrected chi connectivity index (χ4v) is 3.66. The number of ether oxygens (including phenoxy) is 2. The van der Waals surface area contributed by atoms with Gasteiger partial charge in [0, 0.05) is 30.8 Å². The Morgan fingerprint density at radius 3 is 2.78 bits per heavy atom. The fraction of sp³-hybridized carbons (Fsp3) is 0.350. The van der Waals surface area contributed by atoms with Gasteiger partial charge in [0.1, 0.15) is 5.82 Å². The van der Waals surface area contributed by atoms with E-state index in [1.807, 2.05) is 33.7 Å². The number of fused-ring (bicyclic) bond motifs is 1. The molecule has 1 fully saturated rings. The van der Waals surface area contributed by atoms with Crippen molar-refractivity contribution in [2.75, 3.05) is 27.3 Å². The van der Waals surface area contributed by atoms with Gasteiger partial charge < -0.3 is 14.4 Å². The maximum absolute atomic E-state index is 13.0. The molecular formula is C20H22N4O3. The van der Waals surface area contributed by atoms with Crippen molar-refractivity contribution in [1.29, 1.82) is 0 Å². The highest BCUT2D eigenvalue weighted by atomic mass is 16.5. The van der Waals surface area contributed by atoms with Crippen LogP contribution in [0.25, 0.3) is 5.65 Å². The molecule has 3 aromatic rings. The van der Waals surface area contributed by atoms with E-state index in [1.165, 1.54) is 0 Å². The van der Waals surface area contributed by atoms with Gasteiger partial charge in [-0.3, -0.25) is 9.20 Å². The van der Waals surface area contributed by atoms with Gasteiger partial charge >= 0.3 is 0 Å². The van der Waals surface area contributed by atoms with Crippen LogP contribution in [0.1, 0.15) is 34.9 Å². The van der Waals surface area contributed by atoms with E-state index in [9.17, 15) is 4.79 Å². The zero-order chi connectivity index (χ0) is 18.8. The average molecular weight is 366 g/mol. The number of aromatic nitrogens is 3. The molecule has 7 nitrogen and oxygen atoms in total. The van der Waals surface area contributed by atoms with Gasteiger partial charge in [-0.15, -0.1) is 10.2 Å². The Hall–Kier alpha value is -3.09. The van der Waals surface area contributed by atoms with Gasteiger partial charge in [-0.2, -0.15) is 0 Å². The zero-order valence-corrected chi connectivity index (χ0v) is 15.5. The van der Waals surface area contributed by atoms with Crippen LogP contribution in [-0.2, 0) is 0 Å². The SMILES string of the molecule is COc1ccc(C(=O)N2CCC[C@H](c3nnc4ccccn34)C2)cc1OC. The Kier molecular flexibility index (Phi) is 4.66. The predicted molar refractivity (Wildman–Crippen MR) is 100 cm³/mol. The molecule has 0 saturated carbocycles. The average Bonchev–Trinajstić information content (AvgIpc) is 3.17. The van der Waals surface area contributed by atoms with E-state index in [-0.39, 0.29) is 11.8 Å². The largest absolute Gasteiger partial charge is 0.493 e. The Balaban J connectivity index is 1.57. The normalized spacial score (nSPS) is 17.1. The topological polar surface area (TPSA) is 69.0 Å². The third kappa shape index (κ3) is 3.20. The van der Waals surface area contributed by atoms with E-state index in [1.54, 1.807) is 32.4 Å². The molecule has 3 heterocycles. The lowest BCUT2D eigenvalue weighted by molar-refractivity contribution is 0.0703. The summed E-state index contributed by atoms with van der Waals surface area (Å²) in [5.74, 6) is 2.24. The number of carbonyl (C=O) groups excluding carboxylic acids is 1. The molecule has 0 bridgehead atoms. The minimum Gasteiger partial charge on any atom is -0.493 e. The maximum atomic E-state index is 13.0. The van der Waals surface area contributed by atoms with Crippen LogP contribution in [0.15, 0.2) is 42.6 Å². The van der Waals surface area contributed by atoms with Crippen LogP contribution >= 0.6 is 0 Å². The number of nitrogens with zero attached hydrogens (tertiary/aromatic N) is 4. The minimum absolute atomic E-state index is 0.00512. The molecule has 1 aromatic carbocycles. The Morgan fingerprint density at radius 2 is 1.96 bits per heavy atom. The maximum Gasteiger partial charge on any atom is 0.254 e. The third-order valence-electron chi connectivity index (χ3n) is 5.04. The second-order valence-corrected chi connectivity index (χ2v) is 6.65. The molecule has 1 amide bonds. The van der Waals surface area contributed by atoms with E-state index in [0.29, 0.717) is 23.6 Å². The summed E-state index contributed by atoms with van der Waals surface area (Å²) in [6, 6.07) is 11.1. The van der Waals surface area contributed by atoms with Gasteiger partial charge in [0.15, 0.2) is 17.1 Å². The highest BCUT2D eigenvalue weighted by Crippen LogP contribution is 2.30. The van der Waals surface area contributed by atoms with Crippen molar-refractivity contribution in [2.45, 2.75) is 18.8 Å². The van der Waals surface area contributed by atoms with Crippen LogP contribution < -0.4 is 9.47 Å². The summed E-state index contributed by atoms with van der Waals surface area (Å²) in [5.41, 5.74) is 1.43. The monoisotopic (exact) mass is 366 g/mol. The van der Waals surface area contributed by atoms with Crippen LogP contribution in [0, 0.1) is 0 Å². The molecule has 140 valence electrons. The van der Waals surface area contributed by atoms with Crippen molar-refractivity contribution in [3.05, 3.63) is 54.0 Å². The van der Waals surface area contributed by atoms with E-state index in [4.69, 9.17) is 9.47 Å². The summed E-state index contributed by atoms with van der Waals surface area (Å²) >= 11 is 0. The van der Waals surface area contributed by atoms with Crippen molar-refractivity contribution < 1.29 is 14.3 Å². The number of rotatable bonds is 4. The Morgan fingerprint density at radius 1 is 1.11 bits per heavy atom. The summed E-state index contributed by atoms with van der Waals surface area (Å²) in [6.45, 7) is 1.36. The number of carbonyl (C=O) groups is 1. The number of piperidine rings is 1. The molecule has 0 spiro atoms. The van der Waals surface area contributed by atoms with Gasteiger partial charge in [0.25, 0.3) is 5.91 Å². The molecule has 4 rings (SSSR count). The molecule has 1 saturated heterocycles. The molecule has 0 unspecified atom stereocenters. The van der Waals surface area contributed by atoms with Gasteiger partial charge in [-0.05, 0) is 43.2 Å². The van der Waals surface area contributed by atoms with Crippen LogP contribution in [-0.4, -0.2) is 52.7 Å². The van der Waals surface area contributed by atoms with Crippen molar-refractivity contribution in [3.8, 4) is 11.5 Å². The number of benzene rings is 1. The first-order chi connectivity index (χ1) is 13.2. The Bertz CT molecular complexity index is 969. The van der Waals surface area contributed by atoms with E-state index in [0.717, 1.165) is 30.9 Å². The standard InChI is InChI=1S/C20H22N4O3/c1-26-16-9-8-14(12-17(16)27-2)20(25)23-10-5-6-15(13-23)19-22-21-18-7-3-4-11-24(18)19/h3-4,7-9,11-12,15H,5-6,10,13H2,1-2H3/t15-/m0/s1. The van der Waals surface area contributed by atoms with Crippen LogP contribution in [0.4, 0.5) is 0 Å². The molecule has 0 N–H and O–H groups in total. The highest BCUT2D eigenvalue weighted by Gasteiger charge is 2.28. The number of pyridine rings is 1. The van der Waals surface area contributed by atoms with Crippen molar-refractivity contribution in [3.63, 3.8) is 0 Å². The lowest BCUT2D eigenvalue weighted by Gasteiger charge is -2.32. The molecule has 1 atom stereocenters. The smallest absolute Gasteiger partial charge is 0.254 e. The molecule has 0 radical (unpaired) electrons. The minimum atomic E-state index is -0.00512. The lowest BCUT2D eigenvalue weighted by Crippen LogP contribution is -2.39. The molecular weight excluding hydrogens is 344 g/mol. The molecule has 1 aliphatic rings. The molecule has 1 aliphatic heterocycles. The van der Waals surface area contributed by atoms with Crippen molar-refractivity contribution in [1.82, 2.24) is 19.5 Å². The van der Waals surface area contributed by atoms with Gasteiger partial charge in [-0.25, -0.2) is 0 Å². The predicted octanol–water partition coefficient (Wildman–Crippen LogP) is 2.77. The first kappa shape index (κ1) is 17.3. The first-order valence-corrected chi connectivity index (χ1v) is 9.02. The fourth-order valence-electron chi connectivity index (χ4n) is 3.66. The third-order valence-corrected chi connectivity index (χ3v) is 5.04. The van der Waals surface area contributed by atoms with Crippen LogP contribution in [0.2, 0.25) is 0 Å². The van der Waals surface area contributed by atoms with Crippen LogP contribution in [0.5, 0.6) is 11.5 Å². The lowest BCUT2D eigenvalue weighted by atomic mass is 9.96. The number of amides is 1. The van der Waals surface area contributed by atoms with Crippen molar-refractivity contribution in [2.24, 2.45) is 0 Å². The molecule has 0 aliphatic carbocycles. The zero-order valence-electron chi connectivity index (χ0n) is 15.5. The molecule has 7 heteroatoms. The van der Waals surface area contributed by atoms with Crippen LogP contribution in [0.3, 0.4) is 0 Å². The highest BCUT2D eigenvalue weighted by molar-refractivity contribution is 5.95. The number of hydrogen-bond donors (Lipinski definition) is 0. The second-order valence-electron chi connectivity index (χ2n) is 6.65. The summed E-state index contributed by atoms with van der Waals surface area (Å²) < 4.78 is 12.6. The Labute approximate surface area is 157 Å². The first-order valence-electron chi connectivity index (χ1n) is 9.02. The number of methoxy groups -OCH3 is 2. The summed E-state index contributed by atoms with van der Waals surface area (Å²) in [6.07, 6.45) is 3.90. The second kappa shape index (κ2) is 7.26. The van der Waals surface area contributed by atoms with Gasteiger partial charge in [0.05, 0.1) is 14.2 Å². The number of likely N-dealkylation sites (tertiary alicyclic amines) is 1. The van der Waals surface area contributed by atoms with E-state index < -0.39 is 0 Å².